The lowest BCUT2D eigenvalue weighted by atomic mass is 9.88. The standard InChI is InChI=1S/C36H46N2O5S/c1-34(2,3)30(39)22-43-26-15-16-28-27(18-26)32(44-35(4,5)6)29(19-36(7,8)33(40)41)38(28)21-23-10-12-24(13-11-23)25-14-17-31(42-9)37-20-25/h10-18,20,30,39H,19,21-22H2,1-9H3,(H,40,41). The van der Waals surface area contributed by atoms with E-state index in [0.717, 1.165) is 38.2 Å². The molecule has 2 aromatic heterocycles. The number of nitrogens with zero attached hydrogens (tertiary/aromatic N) is 2. The van der Waals surface area contributed by atoms with Crippen molar-refractivity contribution in [1.82, 2.24) is 9.55 Å². The second-order valence-corrected chi connectivity index (χ2v) is 15.9. The molecule has 2 heterocycles. The number of hydrogen-bond acceptors (Lipinski definition) is 6. The van der Waals surface area contributed by atoms with Crippen LogP contribution in [0.4, 0.5) is 0 Å². The summed E-state index contributed by atoms with van der Waals surface area (Å²) in [5, 5.41) is 21.7. The van der Waals surface area contributed by atoms with Gasteiger partial charge in [-0.3, -0.25) is 4.79 Å². The molecule has 44 heavy (non-hydrogen) atoms. The number of carbonyl (C=O) groups is 1. The van der Waals surface area contributed by atoms with Crippen molar-refractivity contribution in [3.63, 3.8) is 0 Å². The van der Waals surface area contributed by atoms with Crippen LogP contribution in [0.15, 0.2) is 65.7 Å². The smallest absolute Gasteiger partial charge is 0.309 e. The molecule has 0 aliphatic carbocycles. The van der Waals surface area contributed by atoms with Crippen LogP contribution in [0.2, 0.25) is 0 Å². The van der Waals surface area contributed by atoms with Crippen molar-refractivity contribution in [1.29, 1.82) is 0 Å². The lowest BCUT2D eigenvalue weighted by molar-refractivity contribution is -0.146. The van der Waals surface area contributed by atoms with Crippen molar-refractivity contribution in [2.75, 3.05) is 13.7 Å². The molecule has 0 bridgehead atoms. The average molecular weight is 619 g/mol. The molecule has 0 amide bonds. The Kier molecular flexibility index (Phi) is 9.76. The molecule has 236 valence electrons. The quantitative estimate of drug-likeness (QED) is 0.164. The summed E-state index contributed by atoms with van der Waals surface area (Å²) in [5.74, 6) is 0.415. The average Bonchev–Trinajstić information content (AvgIpc) is 3.21. The molecule has 4 rings (SSSR count). The molecule has 0 aliphatic heterocycles. The Bertz CT molecular complexity index is 1590. The van der Waals surface area contributed by atoms with Crippen LogP contribution in [0.5, 0.6) is 11.6 Å². The Hall–Kier alpha value is -3.49. The summed E-state index contributed by atoms with van der Waals surface area (Å²) in [6, 6.07) is 18.3. The first-order valence-corrected chi connectivity index (χ1v) is 15.8. The second kappa shape index (κ2) is 12.9. The third kappa shape index (κ3) is 7.96. The van der Waals surface area contributed by atoms with Crippen molar-refractivity contribution in [3.05, 3.63) is 72.1 Å². The highest BCUT2D eigenvalue weighted by Gasteiger charge is 2.33. The fourth-order valence-corrected chi connectivity index (χ4v) is 5.98. The normalized spacial score (nSPS) is 13.2. The Labute approximate surface area is 265 Å². The SMILES string of the molecule is COc1ccc(-c2ccc(Cn3c(CC(C)(C)C(=O)O)c(SC(C)(C)C)c4cc(OCC(O)C(C)(C)C)ccc43)cc2)cn1. The number of carboxylic acid groups (broad SMARTS) is 1. The maximum Gasteiger partial charge on any atom is 0.309 e. The number of carboxylic acids is 1. The number of benzene rings is 2. The predicted octanol–water partition coefficient (Wildman–Crippen LogP) is 8.09. The van der Waals surface area contributed by atoms with Crippen molar-refractivity contribution in [3.8, 4) is 22.8 Å². The molecule has 0 aliphatic rings. The first-order valence-electron chi connectivity index (χ1n) is 15.0. The highest BCUT2D eigenvalue weighted by Crippen LogP contribution is 2.44. The molecule has 7 nitrogen and oxygen atoms in total. The molecule has 0 saturated carbocycles. The third-order valence-corrected chi connectivity index (χ3v) is 8.94. The third-order valence-electron chi connectivity index (χ3n) is 7.67. The van der Waals surface area contributed by atoms with Gasteiger partial charge in [-0.15, -0.1) is 11.8 Å². The summed E-state index contributed by atoms with van der Waals surface area (Å²) in [6.07, 6.45) is 1.55. The van der Waals surface area contributed by atoms with Gasteiger partial charge in [0, 0.05) is 57.0 Å². The lowest BCUT2D eigenvalue weighted by Crippen LogP contribution is -2.31. The Morgan fingerprint density at radius 3 is 2.16 bits per heavy atom. The van der Waals surface area contributed by atoms with E-state index in [1.165, 1.54) is 0 Å². The highest BCUT2D eigenvalue weighted by molar-refractivity contribution is 8.00. The van der Waals surface area contributed by atoms with Crippen LogP contribution in [0.25, 0.3) is 22.0 Å². The Morgan fingerprint density at radius 1 is 0.955 bits per heavy atom. The lowest BCUT2D eigenvalue weighted by Gasteiger charge is -2.25. The molecule has 0 fully saturated rings. The zero-order valence-corrected chi connectivity index (χ0v) is 28.2. The van der Waals surface area contributed by atoms with Crippen LogP contribution in [0.3, 0.4) is 0 Å². The number of pyridine rings is 1. The molecule has 0 radical (unpaired) electrons. The fourth-order valence-electron chi connectivity index (χ4n) is 4.80. The van der Waals surface area contributed by atoms with Crippen LogP contribution in [-0.4, -0.2) is 50.3 Å². The number of rotatable bonds is 11. The van der Waals surface area contributed by atoms with E-state index in [1.54, 1.807) is 38.9 Å². The van der Waals surface area contributed by atoms with Crippen molar-refractivity contribution < 1.29 is 24.5 Å². The van der Waals surface area contributed by atoms with Gasteiger partial charge in [0.1, 0.15) is 12.4 Å². The van der Waals surface area contributed by atoms with Crippen LogP contribution >= 0.6 is 11.8 Å². The van der Waals surface area contributed by atoms with Gasteiger partial charge < -0.3 is 24.3 Å². The van der Waals surface area contributed by atoms with Gasteiger partial charge in [0.05, 0.1) is 18.6 Å². The zero-order valence-electron chi connectivity index (χ0n) is 27.4. The number of thioether (sulfide) groups is 1. The maximum atomic E-state index is 12.3. The van der Waals surface area contributed by atoms with Crippen molar-refractivity contribution >= 4 is 28.6 Å². The van der Waals surface area contributed by atoms with Gasteiger partial charge in [-0.1, -0.05) is 65.8 Å². The van der Waals surface area contributed by atoms with E-state index >= 15 is 0 Å². The number of ether oxygens (including phenoxy) is 2. The summed E-state index contributed by atoms with van der Waals surface area (Å²) in [7, 11) is 1.60. The van der Waals surface area contributed by atoms with Gasteiger partial charge in [0.25, 0.3) is 0 Å². The van der Waals surface area contributed by atoms with Gasteiger partial charge >= 0.3 is 5.97 Å². The minimum atomic E-state index is -0.972. The summed E-state index contributed by atoms with van der Waals surface area (Å²) < 4.78 is 13.4. The molecule has 2 N–H and O–H groups in total. The molecule has 8 heteroatoms. The number of fused-ring (bicyclic) bond motifs is 1. The summed E-state index contributed by atoms with van der Waals surface area (Å²) >= 11 is 1.74. The summed E-state index contributed by atoms with van der Waals surface area (Å²) in [5.41, 5.74) is 3.89. The summed E-state index contributed by atoms with van der Waals surface area (Å²) in [4.78, 5) is 17.7. The minimum absolute atomic E-state index is 0.116. The first-order chi connectivity index (χ1) is 20.5. The van der Waals surface area contributed by atoms with Crippen LogP contribution in [0.1, 0.15) is 66.6 Å². The van der Waals surface area contributed by atoms with E-state index in [0.29, 0.717) is 24.6 Å². The predicted molar refractivity (Wildman–Crippen MR) is 179 cm³/mol. The van der Waals surface area contributed by atoms with Gasteiger partial charge in [-0.25, -0.2) is 4.98 Å². The molecule has 4 aromatic rings. The molecular weight excluding hydrogens is 572 g/mol. The van der Waals surface area contributed by atoms with Crippen LogP contribution in [-0.2, 0) is 17.8 Å². The first kappa shape index (κ1) is 33.4. The van der Waals surface area contributed by atoms with Crippen LogP contribution in [0, 0.1) is 10.8 Å². The van der Waals surface area contributed by atoms with E-state index in [9.17, 15) is 15.0 Å². The fraction of sp³-hybridized carbons (Fsp3) is 0.444. The minimum Gasteiger partial charge on any atom is -0.491 e. The number of aliphatic hydroxyl groups is 1. The van der Waals surface area contributed by atoms with E-state index in [4.69, 9.17) is 9.47 Å². The van der Waals surface area contributed by atoms with Gasteiger partial charge in [-0.2, -0.15) is 0 Å². The number of hydrogen-bond donors (Lipinski definition) is 2. The number of aromatic nitrogens is 2. The second-order valence-electron chi connectivity index (χ2n) is 14.1. The highest BCUT2D eigenvalue weighted by atomic mass is 32.2. The topological polar surface area (TPSA) is 93.8 Å². The molecule has 0 saturated heterocycles. The number of methoxy groups -OCH3 is 1. The molecule has 1 atom stereocenters. The monoisotopic (exact) mass is 618 g/mol. The van der Waals surface area contributed by atoms with E-state index in [1.807, 2.05) is 45.0 Å². The summed E-state index contributed by atoms with van der Waals surface area (Å²) in [6.45, 7) is 16.8. The molecule has 0 spiro atoms. The van der Waals surface area contributed by atoms with Gasteiger partial charge in [-0.05, 0) is 54.7 Å². The van der Waals surface area contributed by atoms with Crippen LogP contribution < -0.4 is 9.47 Å². The van der Waals surface area contributed by atoms with Gasteiger partial charge in [0.15, 0.2) is 0 Å². The largest absolute Gasteiger partial charge is 0.491 e. The van der Waals surface area contributed by atoms with E-state index < -0.39 is 17.5 Å². The zero-order chi connectivity index (χ0) is 32.4. The van der Waals surface area contributed by atoms with E-state index in [2.05, 4.69) is 60.7 Å². The number of aliphatic hydroxyl groups excluding tert-OH is 1. The molecular formula is C36H46N2O5S. The molecule has 2 aromatic carbocycles. The number of aliphatic carboxylic acids is 1. The van der Waals surface area contributed by atoms with E-state index in [-0.39, 0.29) is 16.8 Å². The van der Waals surface area contributed by atoms with Crippen molar-refractivity contribution in [2.24, 2.45) is 10.8 Å². The van der Waals surface area contributed by atoms with Crippen molar-refractivity contribution in [2.45, 2.75) is 84.1 Å². The maximum absolute atomic E-state index is 12.3. The Balaban J connectivity index is 1.80. The van der Waals surface area contributed by atoms with Gasteiger partial charge in [0.2, 0.25) is 5.88 Å². The molecule has 1 unspecified atom stereocenters. The Morgan fingerprint density at radius 2 is 1.61 bits per heavy atom.